The Bertz CT molecular complexity index is 302. The molecule has 0 aliphatic rings. The lowest BCUT2D eigenvalue weighted by atomic mass is 10.0. The maximum atomic E-state index is 2.42. The Morgan fingerprint density at radius 2 is 1.00 bits per heavy atom. The van der Waals surface area contributed by atoms with Crippen LogP contribution in [-0.4, -0.2) is 0 Å². The van der Waals surface area contributed by atoms with Crippen LogP contribution in [0, 0.1) is 0 Å². The van der Waals surface area contributed by atoms with Crippen LogP contribution in [0.25, 0.3) is 0 Å². The first-order valence-corrected chi connectivity index (χ1v) is 8.07. The van der Waals surface area contributed by atoms with Gasteiger partial charge in [-0.2, -0.15) is 0 Å². The van der Waals surface area contributed by atoms with Crippen molar-refractivity contribution in [2.45, 2.75) is 86.0 Å². The van der Waals surface area contributed by atoms with Crippen LogP contribution in [0.3, 0.4) is 0 Å². The van der Waals surface area contributed by atoms with Crippen LogP contribution >= 0.6 is 0 Å². The summed E-state index contributed by atoms with van der Waals surface area (Å²) in [5, 5.41) is 0. The second-order valence-electron chi connectivity index (χ2n) is 5.77. The van der Waals surface area contributed by atoms with Gasteiger partial charge in [-0.3, -0.25) is 0 Å². The third kappa shape index (κ3) is 12.0. The minimum absolute atomic E-state index is 1.20. The van der Waals surface area contributed by atoms with E-state index in [4.69, 9.17) is 0 Å². The van der Waals surface area contributed by atoms with Crippen molar-refractivity contribution in [1.29, 1.82) is 0 Å². The molecule has 0 aromatic carbocycles. The zero-order chi connectivity index (χ0) is 14.5. The number of hydrogen-bond donors (Lipinski definition) is 0. The molecule has 0 aliphatic carbocycles. The van der Waals surface area contributed by atoms with Crippen molar-refractivity contribution < 1.29 is 0 Å². The summed E-state index contributed by atoms with van der Waals surface area (Å²) < 4.78 is 0. The van der Waals surface area contributed by atoms with Crippen LogP contribution in [0.4, 0.5) is 0 Å². The molecule has 0 spiro atoms. The highest BCUT2D eigenvalue weighted by molar-refractivity contribution is 5.05. The molecule has 0 aliphatic heterocycles. The molecule has 0 fully saturated rings. The maximum Gasteiger partial charge on any atom is -0.0288 e. The predicted molar refractivity (Wildman–Crippen MR) is 89.6 cm³/mol. The summed E-state index contributed by atoms with van der Waals surface area (Å²) in [7, 11) is 0. The fourth-order valence-corrected chi connectivity index (χ4v) is 2.18. The van der Waals surface area contributed by atoms with Crippen molar-refractivity contribution in [1.82, 2.24) is 0 Å². The van der Waals surface area contributed by atoms with Gasteiger partial charge in [-0.15, -0.1) is 0 Å². The van der Waals surface area contributed by atoms with Gasteiger partial charge in [0.25, 0.3) is 0 Å². The number of allylic oxidation sites excluding steroid dienone is 6. The summed E-state index contributed by atoms with van der Waals surface area (Å²) in [6, 6.07) is 0. The molecule has 0 bridgehead atoms. The lowest BCUT2D eigenvalue weighted by Gasteiger charge is -2.02. The topological polar surface area (TPSA) is 0 Å². The Labute approximate surface area is 121 Å². The van der Waals surface area contributed by atoms with Crippen LogP contribution in [0.1, 0.15) is 86.0 Å². The Balaban J connectivity index is 3.86. The molecule has 0 amide bonds. The van der Waals surface area contributed by atoms with E-state index in [1.807, 2.05) is 0 Å². The molecular weight excluding hydrogens is 228 g/mol. The van der Waals surface area contributed by atoms with Gasteiger partial charge in [-0.05, 0) is 59.3 Å². The highest BCUT2D eigenvalue weighted by Crippen LogP contribution is 2.13. The molecule has 0 nitrogen and oxygen atoms in total. The number of rotatable bonds is 10. The van der Waals surface area contributed by atoms with Gasteiger partial charge in [0.2, 0.25) is 0 Å². The average molecular weight is 262 g/mol. The molecule has 110 valence electrons. The first-order valence-electron chi connectivity index (χ1n) is 8.07. The van der Waals surface area contributed by atoms with Gasteiger partial charge in [0.15, 0.2) is 0 Å². The number of hydrogen-bond acceptors (Lipinski definition) is 0. The van der Waals surface area contributed by atoms with Crippen LogP contribution in [0.5, 0.6) is 0 Å². The van der Waals surface area contributed by atoms with E-state index in [9.17, 15) is 0 Å². The van der Waals surface area contributed by atoms with Crippen LogP contribution in [-0.2, 0) is 0 Å². The molecule has 0 unspecified atom stereocenters. The Hall–Kier alpha value is -0.780. The third-order valence-corrected chi connectivity index (χ3v) is 3.49. The van der Waals surface area contributed by atoms with Gasteiger partial charge in [-0.1, -0.05) is 61.6 Å². The van der Waals surface area contributed by atoms with E-state index >= 15 is 0 Å². The zero-order valence-electron chi connectivity index (χ0n) is 13.9. The fourth-order valence-electron chi connectivity index (χ4n) is 2.18. The van der Waals surface area contributed by atoms with E-state index in [-0.39, 0.29) is 0 Å². The molecule has 0 rings (SSSR count). The van der Waals surface area contributed by atoms with Crippen LogP contribution < -0.4 is 0 Å². The largest absolute Gasteiger partial charge is 0.0856 e. The Morgan fingerprint density at radius 3 is 1.42 bits per heavy atom. The van der Waals surface area contributed by atoms with Gasteiger partial charge in [-0.25, -0.2) is 0 Å². The highest BCUT2D eigenvalue weighted by atomic mass is 14.0. The van der Waals surface area contributed by atoms with Crippen LogP contribution in [0.15, 0.2) is 34.9 Å². The van der Waals surface area contributed by atoms with Gasteiger partial charge in [0, 0.05) is 0 Å². The van der Waals surface area contributed by atoms with E-state index in [2.05, 4.69) is 52.8 Å². The van der Waals surface area contributed by atoms with Crippen LogP contribution in [0.2, 0.25) is 0 Å². The third-order valence-electron chi connectivity index (χ3n) is 3.49. The van der Waals surface area contributed by atoms with Crippen molar-refractivity contribution in [2.24, 2.45) is 0 Å². The summed E-state index contributed by atoms with van der Waals surface area (Å²) in [5.41, 5.74) is 4.64. The lowest BCUT2D eigenvalue weighted by Crippen LogP contribution is -1.81. The molecule has 0 heterocycles. The first kappa shape index (κ1) is 18.2. The zero-order valence-corrected chi connectivity index (χ0v) is 13.9. The maximum absolute atomic E-state index is 2.42. The highest BCUT2D eigenvalue weighted by Gasteiger charge is 1.92. The summed E-state index contributed by atoms with van der Waals surface area (Å²) >= 11 is 0. The first-order chi connectivity index (χ1) is 9.10. The summed E-state index contributed by atoms with van der Waals surface area (Å²) in [6.45, 7) is 11.3. The summed E-state index contributed by atoms with van der Waals surface area (Å²) in [5.74, 6) is 0. The fraction of sp³-hybridized carbons (Fsp3) is 0.684. The van der Waals surface area contributed by atoms with Crippen molar-refractivity contribution in [3.8, 4) is 0 Å². The molecule has 0 saturated carbocycles. The second kappa shape index (κ2) is 12.3. The van der Waals surface area contributed by atoms with E-state index in [0.717, 1.165) is 0 Å². The quantitative estimate of drug-likeness (QED) is 0.372. The van der Waals surface area contributed by atoms with E-state index in [0.29, 0.717) is 0 Å². The van der Waals surface area contributed by atoms with Crippen molar-refractivity contribution >= 4 is 0 Å². The molecule has 0 radical (unpaired) electrons. The van der Waals surface area contributed by atoms with Gasteiger partial charge < -0.3 is 0 Å². The Morgan fingerprint density at radius 1 is 0.579 bits per heavy atom. The second-order valence-corrected chi connectivity index (χ2v) is 5.77. The summed E-state index contributed by atoms with van der Waals surface area (Å²) in [4.78, 5) is 0. The van der Waals surface area contributed by atoms with Crippen molar-refractivity contribution in [3.05, 3.63) is 34.9 Å². The van der Waals surface area contributed by atoms with E-state index in [1.165, 1.54) is 51.4 Å². The molecule has 0 heteroatoms. The molecule has 0 aromatic rings. The molecule has 0 N–H and O–H groups in total. The monoisotopic (exact) mass is 262 g/mol. The predicted octanol–water partition coefficient (Wildman–Crippen LogP) is 6.99. The molecule has 19 heavy (non-hydrogen) atoms. The summed E-state index contributed by atoms with van der Waals surface area (Å²) in [6.07, 6.45) is 17.1. The van der Waals surface area contributed by atoms with Crippen molar-refractivity contribution in [2.75, 3.05) is 0 Å². The van der Waals surface area contributed by atoms with E-state index < -0.39 is 0 Å². The molecule has 0 aromatic heterocycles. The van der Waals surface area contributed by atoms with Gasteiger partial charge in [0.05, 0.1) is 0 Å². The smallest absolute Gasteiger partial charge is 0.0288 e. The van der Waals surface area contributed by atoms with Crippen molar-refractivity contribution in [3.63, 3.8) is 0 Å². The number of unbranched alkanes of at least 4 members (excludes halogenated alkanes) is 1. The van der Waals surface area contributed by atoms with Gasteiger partial charge in [0.1, 0.15) is 0 Å². The molecular formula is C19H34. The minimum Gasteiger partial charge on any atom is -0.0856 e. The Kier molecular flexibility index (Phi) is 11.8. The molecule has 0 saturated heterocycles. The molecule has 0 atom stereocenters. The standard InChI is InChI=1S/C19H34/c1-6-8-12-18(4)14-10-16-19(5)15-9-13-17(3)11-7-2/h12-13,16H,6-11,14-15H2,1-5H3/b17-13-,18-12-,19-16-. The lowest BCUT2D eigenvalue weighted by molar-refractivity contribution is 0.873. The minimum atomic E-state index is 1.20. The SMILES string of the molecule is CCC/C=C(/C)CC/C=C(/C)CC/C=C(/C)CCC. The van der Waals surface area contributed by atoms with E-state index in [1.54, 1.807) is 16.7 Å². The normalized spacial score (nSPS) is 14.1. The average Bonchev–Trinajstić information content (AvgIpc) is 2.36. The van der Waals surface area contributed by atoms with Gasteiger partial charge >= 0.3 is 0 Å².